The van der Waals surface area contributed by atoms with E-state index in [1.807, 2.05) is 23.8 Å². The molecule has 4 rings (SSSR count). The maximum Gasteiger partial charge on any atom is 0.265 e. The number of methoxy groups -OCH3 is 1. The number of allylic oxidation sites excluding steroid dienone is 3. The standard InChI is InChI=1S/C27H26F4N4O/c1-5-24-23(33-22-6-7-25(26(12-22)36-4)34-13-16(2)32-15-34)10-19(27(30)31)14-35(24)17(3)18-8-20(28)11-21(29)9-18/h5-15,17,27,33H,1-4H3/b24-5-/t17-/m0/s1. The summed E-state index contributed by atoms with van der Waals surface area (Å²) in [6.07, 6.45) is 5.22. The Labute approximate surface area is 207 Å². The van der Waals surface area contributed by atoms with Crippen molar-refractivity contribution >= 4 is 5.69 Å². The number of hydrogen-bond acceptors (Lipinski definition) is 4. The van der Waals surface area contributed by atoms with Gasteiger partial charge >= 0.3 is 0 Å². The van der Waals surface area contributed by atoms with E-state index in [9.17, 15) is 17.6 Å². The molecule has 0 unspecified atom stereocenters. The van der Waals surface area contributed by atoms with Crippen LogP contribution in [0, 0.1) is 18.6 Å². The Morgan fingerprint density at radius 3 is 2.39 bits per heavy atom. The number of nitrogens with zero attached hydrogens (tertiary/aromatic N) is 3. The molecule has 3 aromatic rings. The van der Waals surface area contributed by atoms with E-state index in [0.29, 0.717) is 28.4 Å². The first-order valence-corrected chi connectivity index (χ1v) is 11.3. The summed E-state index contributed by atoms with van der Waals surface area (Å²) in [6, 6.07) is 7.95. The van der Waals surface area contributed by atoms with Crippen LogP contribution < -0.4 is 10.1 Å². The van der Waals surface area contributed by atoms with Crippen LogP contribution in [0.15, 0.2) is 84.2 Å². The van der Waals surface area contributed by atoms with Crippen LogP contribution in [0.3, 0.4) is 0 Å². The van der Waals surface area contributed by atoms with E-state index in [2.05, 4.69) is 10.3 Å². The zero-order chi connectivity index (χ0) is 26.0. The largest absolute Gasteiger partial charge is 0.494 e. The molecule has 2 aromatic carbocycles. The van der Waals surface area contributed by atoms with Gasteiger partial charge in [-0.05, 0) is 56.7 Å². The van der Waals surface area contributed by atoms with Crippen LogP contribution in [0.25, 0.3) is 5.69 Å². The first-order valence-electron chi connectivity index (χ1n) is 11.3. The fraction of sp³-hybridized carbons (Fsp3) is 0.222. The molecule has 1 N–H and O–H groups in total. The third-order valence-corrected chi connectivity index (χ3v) is 5.91. The van der Waals surface area contributed by atoms with Crippen molar-refractivity contribution in [3.05, 3.63) is 107 Å². The molecule has 9 heteroatoms. The van der Waals surface area contributed by atoms with Crippen LogP contribution >= 0.6 is 0 Å². The number of rotatable bonds is 7. The summed E-state index contributed by atoms with van der Waals surface area (Å²) < 4.78 is 62.9. The number of alkyl halides is 2. The lowest BCUT2D eigenvalue weighted by atomic mass is 10.0. The number of nitrogens with one attached hydrogen (secondary N) is 1. The average Bonchev–Trinajstić information content (AvgIpc) is 3.28. The first kappa shape index (κ1) is 25.1. The normalized spacial score (nSPS) is 15.7. The second kappa shape index (κ2) is 10.3. The molecule has 188 valence electrons. The number of hydrogen-bond donors (Lipinski definition) is 1. The van der Waals surface area contributed by atoms with Crippen LogP contribution in [0.4, 0.5) is 23.2 Å². The highest BCUT2D eigenvalue weighted by molar-refractivity contribution is 5.63. The van der Waals surface area contributed by atoms with Gasteiger partial charge in [0.25, 0.3) is 6.43 Å². The first-order chi connectivity index (χ1) is 17.2. The van der Waals surface area contributed by atoms with Crippen LogP contribution in [0.5, 0.6) is 5.75 Å². The highest BCUT2D eigenvalue weighted by atomic mass is 19.3. The van der Waals surface area contributed by atoms with E-state index >= 15 is 0 Å². The predicted molar refractivity (Wildman–Crippen MR) is 131 cm³/mol. The topological polar surface area (TPSA) is 42.3 Å². The Hall–Kier alpha value is -4.01. The number of imidazole rings is 1. The minimum atomic E-state index is -2.75. The fourth-order valence-electron chi connectivity index (χ4n) is 4.15. The maximum absolute atomic E-state index is 13.9. The molecule has 0 saturated heterocycles. The molecule has 0 spiro atoms. The van der Waals surface area contributed by atoms with Crippen molar-refractivity contribution in [3.63, 3.8) is 0 Å². The molecular formula is C27H26F4N4O. The van der Waals surface area contributed by atoms with Gasteiger partial charge in [0.15, 0.2) is 0 Å². The zero-order valence-electron chi connectivity index (χ0n) is 20.3. The second-order valence-corrected chi connectivity index (χ2v) is 8.38. The van der Waals surface area contributed by atoms with Gasteiger partial charge in [-0.2, -0.15) is 0 Å². The van der Waals surface area contributed by atoms with Crippen molar-refractivity contribution in [3.8, 4) is 11.4 Å². The van der Waals surface area contributed by atoms with Gasteiger partial charge in [0.2, 0.25) is 0 Å². The van der Waals surface area contributed by atoms with Gasteiger partial charge < -0.3 is 19.5 Å². The third kappa shape index (κ3) is 5.15. The maximum atomic E-state index is 13.9. The SMILES string of the molecule is C/C=C1/C(Nc2ccc(-n3cnc(C)c3)c(OC)c2)=CC(C(F)F)=CN1[C@@H](C)c1cc(F)cc(F)c1. The van der Waals surface area contributed by atoms with Crippen molar-refractivity contribution < 1.29 is 22.3 Å². The molecule has 2 heterocycles. The van der Waals surface area contributed by atoms with Crippen molar-refractivity contribution in [2.24, 2.45) is 0 Å². The quantitative estimate of drug-likeness (QED) is 0.360. The molecular weight excluding hydrogens is 472 g/mol. The van der Waals surface area contributed by atoms with Crippen LogP contribution in [0.1, 0.15) is 31.1 Å². The molecule has 0 saturated carbocycles. The molecule has 0 radical (unpaired) electrons. The van der Waals surface area contributed by atoms with Gasteiger partial charge in [-0.15, -0.1) is 0 Å². The Balaban J connectivity index is 1.69. The van der Waals surface area contributed by atoms with E-state index in [1.165, 1.54) is 24.4 Å². The van der Waals surface area contributed by atoms with Crippen LogP contribution in [-0.4, -0.2) is 28.0 Å². The monoisotopic (exact) mass is 498 g/mol. The molecule has 1 aromatic heterocycles. The van der Waals surface area contributed by atoms with E-state index in [0.717, 1.165) is 17.4 Å². The Morgan fingerprint density at radius 1 is 1.08 bits per heavy atom. The Bertz CT molecular complexity index is 1340. The van der Waals surface area contributed by atoms with Crippen LogP contribution in [-0.2, 0) is 0 Å². The van der Waals surface area contributed by atoms with Gasteiger partial charge in [0, 0.05) is 35.8 Å². The molecule has 1 atom stereocenters. The molecule has 1 aliphatic rings. The van der Waals surface area contributed by atoms with Crippen LogP contribution in [0.2, 0.25) is 0 Å². The number of aromatic nitrogens is 2. The second-order valence-electron chi connectivity index (χ2n) is 8.38. The smallest absolute Gasteiger partial charge is 0.265 e. The highest BCUT2D eigenvalue weighted by Gasteiger charge is 2.27. The van der Waals surface area contributed by atoms with Gasteiger partial charge in [-0.3, -0.25) is 0 Å². The molecule has 0 bridgehead atoms. The van der Waals surface area contributed by atoms with E-state index in [-0.39, 0.29) is 5.57 Å². The van der Waals surface area contributed by atoms with Gasteiger partial charge in [0.05, 0.1) is 42.3 Å². The summed E-state index contributed by atoms with van der Waals surface area (Å²) >= 11 is 0. The lowest BCUT2D eigenvalue weighted by molar-refractivity contribution is 0.189. The number of ether oxygens (including phenoxy) is 1. The molecule has 0 fully saturated rings. The van der Waals surface area contributed by atoms with Crippen molar-refractivity contribution in [1.82, 2.24) is 14.5 Å². The van der Waals surface area contributed by atoms with E-state index < -0.39 is 24.1 Å². The molecule has 1 aliphatic heterocycles. The number of halogens is 4. The van der Waals surface area contributed by atoms with Gasteiger partial charge in [-0.25, -0.2) is 22.5 Å². The third-order valence-electron chi connectivity index (χ3n) is 5.91. The summed E-state index contributed by atoms with van der Waals surface area (Å²) in [6.45, 7) is 5.35. The minimum absolute atomic E-state index is 0.232. The Kier molecular flexibility index (Phi) is 7.19. The van der Waals surface area contributed by atoms with Gasteiger partial charge in [-0.1, -0.05) is 6.08 Å². The van der Waals surface area contributed by atoms with Crippen molar-refractivity contribution in [1.29, 1.82) is 0 Å². The summed E-state index contributed by atoms with van der Waals surface area (Å²) in [7, 11) is 1.54. The number of aryl methyl sites for hydroxylation is 1. The highest BCUT2D eigenvalue weighted by Crippen LogP contribution is 2.36. The van der Waals surface area contributed by atoms with Crippen molar-refractivity contribution in [2.75, 3.05) is 12.4 Å². The minimum Gasteiger partial charge on any atom is -0.494 e. The average molecular weight is 499 g/mol. The summed E-state index contributed by atoms with van der Waals surface area (Å²) in [5, 5.41) is 3.21. The molecule has 5 nitrogen and oxygen atoms in total. The predicted octanol–water partition coefficient (Wildman–Crippen LogP) is 6.89. The molecule has 36 heavy (non-hydrogen) atoms. The van der Waals surface area contributed by atoms with Gasteiger partial charge in [0.1, 0.15) is 17.4 Å². The van der Waals surface area contributed by atoms with E-state index in [4.69, 9.17) is 4.74 Å². The summed E-state index contributed by atoms with van der Waals surface area (Å²) in [5.41, 5.74) is 3.30. The molecule has 0 aliphatic carbocycles. The summed E-state index contributed by atoms with van der Waals surface area (Å²) in [5.74, 6) is -0.910. The lowest BCUT2D eigenvalue weighted by Crippen LogP contribution is -2.28. The Morgan fingerprint density at radius 2 is 1.81 bits per heavy atom. The summed E-state index contributed by atoms with van der Waals surface area (Å²) in [4.78, 5) is 5.82. The fourth-order valence-corrected chi connectivity index (χ4v) is 4.15. The van der Waals surface area contributed by atoms with Crippen molar-refractivity contribution in [2.45, 2.75) is 33.2 Å². The molecule has 0 amide bonds. The van der Waals surface area contributed by atoms with E-state index in [1.54, 1.807) is 50.4 Å². The zero-order valence-corrected chi connectivity index (χ0v) is 20.3. The number of benzene rings is 2. The number of anilines is 1. The lowest BCUT2D eigenvalue weighted by Gasteiger charge is -2.35.